The third-order valence-corrected chi connectivity index (χ3v) is 4.94. The van der Waals surface area contributed by atoms with E-state index in [0.29, 0.717) is 13.1 Å². The number of nitrogens with two attached hydrogens (primary N) is 1. The number of carbonyl (C=O) groups excluding carboxylic acids is 1. The van der Waals surface area contributed by atoms with Gasteiger partial charge in [-0.2, -0.15) is 0 Å². The molecule has 1 aromatic rings. The minimum Gasteiger partial charge on any atom is -0.398 e. The Labute approximate surface area is 131 Å². The van der Waals surface area contributed by atoms with Gasteiger partial charge < -0.3 is 10.6 Å². The van der Waals surface area contributed by atoms with E-state index in [9.17, 15) is 17.6 Å². The van der Waals surface area contributed by atoms with E-state index in [1.807, 2.05) is 0 Å². The molecule has 0 aromatic heterocycles. The van der Waals surface area contributed by atoms with Crippen molar-refractivity contribution in [3.8, 4) is 0 Å². The summed E-state index contributed by atoms with van der Waals surface area (Å²) in [7, 11) is -3.99. The number of rotatable bonds is 6. The Kier molecular flexibility index (Phi) is 6.11. The number of hydrogen-bond acceptors (Lipinski definition) is 4. The summed E-state index contributed by atoms with van der Waals surface area (Å²) in [5.41, 5.74) is 5.30. The average molecular weight is 382 g/mol. The summed E-state index contributed by atoms with van der Waals surface area (Å²) in [4.78, 5) is 13.0. The first-order chi connectivity index (χ1) is 9.72. The van der Waals surface area contributed by atoms with Crippen molar-refractivity contribution in [1.29, 1.82) is 0 Å². The lowest BCUT2D eigenvalue weighted by atomic mass is 10.3. The lowest BCUT2D eigenvalue weighted by Crippen LogP contribution is -2.40. The summed E-state index contributed by atoms with van der Waals surface area (Å²) in [5, 5.41) is 0. The van der Waals surface area contributed by atoms with Gasteiger partial charge in [-0.25, -0.2) is 17.5 Å². The highest BCUT2D eigenvalue weighted by atomic mass is 79.9. The Morgan fingerprint density at radius 3 is 2.48 bits per heavy atom. The van der Waals surface area contributed by atoms with Crippen LogP contribution in [0.3, 0.4) is 0 Å². The van der Waals surface area contributed by atoms with Crippen molar-refractivity contribution in [2.24, 2.45) is 0 Å². The van der Waals surface area contributed by atoms with Crippen LogP contribution < -0.4 is 10.5 Å². The van der Waals surface area contributed by atoms with Crippen molar-refractivity contribution in [2.75, 3.05) is 25.4 Å². The number of nitrogen functional groups attached to an aromatic ring is 1. The maximum absolute atomic E-state index is 13.3. The van der Waals surface area contributed by atoms with Crippen LogP contribution in [-0.2, 0) is 14.8 Å². The van der Waals surface area contributed by atoms with Gasteiger partial charge in [-0.3, -0.25) is 4.79 Å². The van der Waals surface area contributed by atoms with Crippen LogP contribution in [-0.4, -0.2) is 38.9 Å². The smallest absolute Gasteiger partial charge is 0.243 e. The molecule has 1 rings (SSSR count). The Morgan fingerprint density at radius 1 is 1.38 bits per heavy atom. The third kappa shape index (κ3) is 4.39. The molecule has 0 saturated heterocycles. The van der Waals surface area contributed by atoms with E-state index in [2.05, 4.69) is 20.7 Å². The predicted octanol–water partition coefficient (Wildman–Crippen LogP) is 1.32. The lowest BCUT2D eigenvalue weighted by molar-refractivity contribution is -0.129. The van der Waals surface area contributed by atoms with E-state index in [1.54, 1.807) is 13.8 Å². The van der Waals surface area contributed by atoms with E-state index in [0.717, 1.165) is 12.1 Å². The summed E-state index contributed by atoms with van der Waals surface area (Å²) in [6.45, 7) is 4.19. The molecular weight excluding hydrogens is 365 g/mol. The molecule has 0 aliphatic heterocycles. The van der Waals surface area contributed by atoms with Gasteiger partial charge in [-0.05, 0) is 41.9 Å². The fourth-order valence-corrected chi connectivity index (χ4v) is 3.31. The van der Waals surface area contributed by atoms with Crippen LogP contribution >= 0.6 is 15.9 Å². The minimum atomic E-state index is -3.99. The molecule has 0 fully saturated rings. The minimum absolute atomic E-state index is 0.0212. The maximum atomic E-state index is 13.3. The Morgan fingerprint density at radius 2 is 1.95 bits per heavy atom. The highest BCUT2D eigenvalue weighted by Gasteiger charge is 2.21. The molecule has 1 amide bonds. The topological polar surface area (TPSA) is 92.5 Å². The number of anilines is 1. The molecule has 0 heterocycles. The van der Waals surface area contributed by atoms with E-state index in [1.165, 1.54) is 4.90 Å². The molecular formula is C12H17BrFN3O3S. The summed E-state index contributed by atoms with van der Waals surface area (Å²) in [5.74, 6) is -1.01. The highest BCUT2D eigenvalue weighted by Crippen LogP contribution is 2.25. The molecule has 0 aliphatic carbocycles. The van der Waals surface area contributed by atoms with Gasteiger partial charge in [0.1, 0.15) is 10.7 Å². The largest absolute Gasteiger partial charge is 0.398 e. The van der Waals surface area contributed by atoms with E-state index in [4.69, 9.17) is 5.73 Å². The Hall–Kier alpha value is -1.19. The Bertz CT molecular complexity index is 633. The van der Waals surface area contributed by atoms with Crippen LogP contribution in [0.2, 0.25) is 0 Å². The zero-order valence-electron chi connectivity index (χ0n) is 11.7. The normalized spacial score (nSPS) is 11.4. The Balaban J connectivity index is 2.93. The number of likely N-dealkylation sites (N-methyl/N-ethyl adjacent to an activating group) is 1. The number of nitrogens with zero attached hydrogens (tertiary/aromatic N) is 1. The monoisotopic (exact) mass is 381 g/mol. The summed E-state index contributed by atoms with van der Waals surface area (Å²) in [6, 6.07) is 1.97. The van der Waals surface area contributed by atoms with Gasteiger partial charge in [0.15, 0.2) is 0 Å². The fraction of sp³-hybridized carbons (Fsp3) is 0.417. The molecule has 0 atom stereocenters. The highest BCUT2D eigenvalue weighted by molar-refractivity contribution is 9.10. The quantitative estimate of drug-likeness (QED) is 0.726. The van der Waals surface area contributed by atoms with Crippen LogP contribution in [0.15, 0.2) is 21.5 Å². The summed E-state index contributed by atoms with van der Waals surface area (Å²) < 4.78 is 39.6. The standard InChI is InChI=1S/C12H17BrFN3O3S/c1-3-17(4-2)12(18)7-16-21(19,20)11-5-8(13)9(14)6-10(11)15/h5-6,16H,3-4,7,15H2,1-2H3. The van der Waals surface area contributed by atoms with Gasteiger partial charge in [-0.1, -0.05) is 0 Å². The number of benzene rings is 1. The fourth-order valence-electron chi connectivity index (χ4n) is 1.70. The molecule has 0 spiro atoms. The molecule has 0 unspecified atom stereocenters. The molecule has 0 bridgehead atoms. The number of sulfonamides is 1. The van der Waals surface area contributed by atoms with Gasteiger partial charge in [0, 0.05) is 13.1 Å². The molecule has 118 valence electrons. The first-order valence-electron chi connectivity index (χ1n) is 6.24. The second kappa shape index (κ2) is 7.19. The second-order valence-electron chi connectivity index (χ2n) is 4.19. The first-order valence-corrected chi connectivity index (χ1v) is 8.52. The van der Waals surface area contributed by atoms with Crippen LogP contribution in [0.4, 0.5) is 10.1 Å². The average Bonchev–Trinajstić information content (AvgIpc) is 2.42. The molecule has 0 saturated carbocycles. The number of amides is 1. The predicted molar refractivity (Wildman–Crippen MR) is 81.6 cm³/mol. The van der Waals surface area contributed by atoms with Crippen LogP contribution in [0, 0.1) is 5.82 Å². The molecule has 3 N–H and O–H groups in total. The van der Waals surface area contributed by atoms with Crippen molar-refractivity contribution in [2.45, 2.75) is 18.7 Å². The molecule has 6 nitrogen and oxygen atoms in total. The number of carbonyl (C=O) groups is 1. The number of nitrogens with one attached hydrogen (secondary N) is 1. The van der Waals surface area contributed by atoms with Crippen molar-refractivity contribution in [3.63, 3.8) is 0 Å². The third-order valence-electron chi connectivity index (χ3n) is 2.87. The second-order valence-corrected chi connectivity index (χ2v) is 6.78. The van der Waals surface area contributed by atoms with Gasteiger partial charge >= 0.3 is 0 Å². The van der Waals surface area contributed by atoms with Crippen LogP contribution in [0.25, 0.3) is 0 Å². The SMILES string of the molecule is CCN(CC)C(=O)CNS(=O)(=O)c1cc(Br)c(F)cc1N. The molecule has 1 aromatic carbocycles. The van der Waals surface area contributed by atoms with E-state index < -0.39 is 15.8 Å². The van der Waals surface area contributed by atoms with Crippen molar-refractivity contribution >= 4 is 37.5 Å². The van der Waals surface area contributed by atoms with Gasteiger partial charge in [-0.15, -0.1) is 0 Å². The molecule has 21 heavy (non-hydrogen) atoms. The van der Waals surface area contributed by atoms with Crippen molar-refractivity contribution in [1.82, 2.24) is 9.62 Å². The summed E-state index contributed by atoms with van der Waals surface area (Å²) >= 11 is 2.90. The van der Waals surface area contributed by atoms with E-state index in [-0.39, 0.29) is 27.5 Å². The maximum Gasteiger partial charge on any atom is 0.243 e. The molecule has 9 heteroatoms. The number of hydrogen-bond donors (Lipinski definition) is 2. The zero-order chi connectivity index (χ0) is 16.2. The molecule has 0 radical (unpaired) electrons. The summed E-state index contributed by atoms with van der Waals surface area (Å²) in [6.07, 6.45) is 0. The van der Waals surface area contributed by atoms with Gasteiger partial charge in [0.25, 0.3) is 0 Å². The zero-order valence-corrected chi connectivity index (χ0v) is 14.1. The lowest BCUT2D eigenvalue weighted by Gasteiger charge is -2.19. The number of halogens is 2. The van der Waals surface area contributed by atoms with Crippen molar-refractivity contribution < 1.29 is 17.6 Å². The van der Waals surface area contributed by atoms with E-state index >= 15 is 0 Å². The first kappa shape index (κ1) is 17.9. The van der Waals surface area contributed by atoms with Gasteiger partial charge in [0.05, 0.1) is 16.7 Å². The van der Waals surface area contributed by atoms with Gasteiger partial charge in [0.2, 0.25) is 15.9 Å². The molecule has 0 aliphatic rings. The van der Waals surface area contributed by atoms with Crippen molar-refractivity contribution in [3.05, 3.63) is 22.4 Å². The van der Waals surface area contributed by atoms with Crippen LogP contribution in [0.1, 0.15) is 13.8 Å². The van der Waals surface area contributed by atoms with Crippen LogP contribution in [0.5, 0.6) is 0 Å².